The molecule has 1 saturated heterocycles. The van der Waals surface area contributed by atoms with Crippen LogP contribution in [0.4, 0.5) is 8.78 Å². The van der Waals surface area contributed by atoms with Gasteiger partial charge >= 0.3 is 0 Å². The standard InChI is InChI=1S/C18H19F2N3O2/c1-10-12(4-6-16(24)21-10)18(25)22-15-7-8-23(2)17(15)11-3-5-13(19)14(20)9-11/h3-6,9,15,17H,7-8H2,1-2H3,(H,21,24)(H,22,25)/t15-,17-/m0/s1. The molecule has 2 atom stereocenters. The van der Waals surface area contributed by atoms with Crippen LogP contribution >= 0.6 is 0 Å². The normalized spacial score (nSPS) is 20.6. The lowest BCUT2D eigenvalue weighted by atomic mass is 9.99. The van der Waals surface area contributed by atoms with Crippen molar-refractivity contribution in [3.8, 4) is 0 Å². The molecule has 1 fully saturated rings. The van der Waals surface area contributed by atoms with Crippen molar-refractivity contribution in [2.45, 2.75) is 25.4 Å². The smallest absolute Gasteiger partial charge is 0.253 e. The van der Waals surface area contributed by atoms with E-state index in [-0.39, 0.29) is 23.6 Å². The average Bonchev–Trinajstić information content (AvgIpc) is 2.90. The molecule has 1 aromatic carbocycles. The number of aromatic amines is 1. The molecule has 0 radical (unpaired) electrons. The molecule has 1 aliphatic heterocycles. The van der Waals surface area contributed by atoms with Gasteiger partial charge in [0.25, 0.3) is 5.91 Å². The summed E-state index contributed by atoms with van der Waals surface area (Å²) >= 11 is 0. The van der Waals surface area contributed by atoms with Crippen molar-refractivity contribution >= 4 is 5.91 Å². The number of likely N-dealkylation sites (N-methyl/N-ethyl adjacent to an activating group) is 1. The van der Waals surface area contributed by atoms with E-state index in [9.17, 15) is 18.4 Å². The number of nitrogens with one attached hydrogen (secondary N) is 2. The Labute approximate surface area is 143 Å². The Balaban J connectivity index is 1.84. The highest BCUT2D eigenvalue weighted by Gasteiger charge is 2.34. The van der Waals surface area contributed by atoms with Crippen molar-refractivity contribution in [3.63, 3.8) is 0 Å². The average molecular weight is 347 g/mol. The summed E-state index contributed by atoms with van der Waals surface area (Å²) in [5.41, 5.74) is 1.22. The van der Waals surface area contributed by atoms with Gasteiger partial charge in [-0.3, -0.25) is 14.5 Å². The van der Waals surface area contributed by atoms with Crippen LogP contribution in [0.5, 0.6) is 0 Å². The molecule has 2 aromatic rings. The third kappa shape index (κ3) is 3.46. The highest BCUT2D eigenvalue weighted by atomic mass is 19.2. The highest BCUT2D eigenvalue weighted by molar-refractivity contribution is 5.95. The van der Waals surface area contributed by atoms with Gasteiger partial charge in [0.1, 0.15) is 0 Å². The first-order valence-electron chi connectivity index (χ1n) is 8.03. The van der Waals surface area contributed by atoms with Crippen LogP contribution in [0.1, 0.15) is 34.1 Å². The number of carbonyl (C=O) groups is 1. The van der Waals surface area contributed by atoms with E-state index in [1.54, 1.807) is 6.92 Å². The number of benzene rings is 1. The van der Waals surface area contributed by atoms with Gasteiger partial charge in [-0.2, -0.15) is 0 Å². The van der Waals surface area contributed by atoms with Crippen molar-refractivity contribution in [1.82, 2.24) is 15.2 Å². The fourth-order valence-electron chi connectivity index (χ4n) is 3.35. The number of aromatic nitrogens is 1. The van der Waals surface area contributed by atoms with Crippen LogP contribution in [0.2, 0.25) is 0 Å². The zero-order chi connectivity index (χ0) is 18.1. The number of H-pyrrole nitrogens is 1. The summed E-state index contributed by atoms with van der Waals surface area (Å²) in [4.78, 5) is 28.4. The maximum Gasteiger partial charge on any atom is 0.253 e. The molecule has 0 saturated carbocycles. The van der Waals surface area contributed by atoms with Crippen LogP contribution in [-0.4, -0.2) is 35.4 Å². The molecule has 7 heteroatoms. The van der Waals surface area contributed by atoms with Crippen molar-refractivity contribution in [3.05, 3.63) is 69.1 Å². The van der Waals surface area contributed by atoms with Gasteiger partial charge in [0, 0.05) is 18.3 Å². The quantitative estimate of drug-likeness (QED) is 0.894. The summed E-state index contributed by atoms with van der Waals surface area (Å²) in [6.45, 7) is 2.38. The van der Waals surface area contributed by atoms with E-state index in [4.69, 9.17) is 0 Å². The van der Waals surface area contributed by atoms with Gasteiger partial charge in [-0.15, -0.1) is 0 Å². The summed E-state index contributed by atoms with van der Waals surface area (Å²) in [7, 11) is 1.88. The highest BCUT2D eigenvalue weighted by Crippen LogP contribution is 2.32. The van der Waals surface area contributed by atoms with Gasteiger partial charge in [-0.05, 0) is 44.2 Å². The molecule has 5 nitrogen and oxygen atoms in total. The number of amides is 1. The molecule has 1 aliphatic rings. The predicted octanol–water partition coefficient (Wildman–Crippen LogP) is 2.14. The largest absolute Gasteiger partial charge is 0.347 e. The number of rotatable bonds is 3. The molecule has 2 N–H and O–H groups in total. The second-order valence-electron chi connectivity index (χ2n) is 6.33. The van der Waals surface area contributed by atoms with E-state index < -0.39 is 11.6 Å². The third-order valence-corrected chi connectivity index (χ3v) is 4.61. The number of carbonyl (C=O) groups excluding carboxylic acids is 1. The van der Waals surface area contributed by atoms with Gasteiger partial charge in [0.05, 0.1) is 17.6 Å². The Morgan fingerprint density at radius 1 is 1.24 bits per heavy atom. The summed E-state index contributed by atoms with van der Waals surface area (Å²) in [6, 6.07) is 6.10. The number of halogens is 2. The molecule has 2 heterocycles. The fraction of sp³-hybridized carbons (Fsp3) is 0.333. The third-order valence-electron chi connectivity index (χ3n) is 4.61. The van der Waals surface area contributed by atoms with Crippen LogP contribution in [0, 0.1) is 18.6 Å². The van der Waals surface area contributed by atoms with Gasteiger partial charge in [-0.1, -0.05) is 6.07 Å². The summed E-state index contributed by atoms with van der Waals surface area (Å²) in [6.07, 6.45) is 0.689. The Morgan fingerprint density at radius 2 is 2.00 bits per heavy atom. The maximum absolute atomic E-state index is 13.6. The van der Waals surface area contributed by atoms with Crippen LogP contribution in [-0.2, 0) is 0 Å². The molecule has 25 heavy (non-hydrogen) atoms. The Morgan fingerprint density at radius 3 is 2.68 bits per heavy atom. The SMILES string of the molecule is Cc1[nH]c(=O)ccc1C(=O)N[C@H]1CCN(C)[C@H]1c1ccc(F)c(F)c1. The summed E-state index contributed by atoms with van der Waals surface area (Å²) in [5.74, 6) is -2.10. The molecule has 0 bridgehead atoms. The maximum atomic E-state index is 13.6. The minimum atomic E-state index is -0.903. The Hall–Kier alpha value is -2.54. The first-order chi connectivity index (χ1) is 11.9. The van der Waals surface area contributed by atoms with E-state index in [0.29, 0.717) is 23.2 Å². The fourth-order valence-corrected chi connectivity index (χ4v) is 3.35. The van der Waals surface area contributed by atoms with E-state index >= 15 is 0 Å². The van der Waals surface area contributed by atoms with E-state index in [1.165, 1.54) is 24.3 Å². The first kappa shape index (κ1) is 17.3. The van der Waals surface area contributed by atoms with Crippen LogP contribution in [0.3, 0.4) is 0 Å². The zero-order valence-corrected chi connectivity index (χ0v) is 14.0. The minimum Gasteiger partial charge on any atom is -0.347 e. The van der Waals surface area contributed by atoms with Crippen LogP contribution in [0.25, 0.3) is 0 Å². The van der Waals surface area contributed by atoms with Crippen molar-refractivity contribution < 1.29 is 13.6 Å². The summed E-state index contributed by atoms with van der Waals surface area (Å²) < 4.78 is 26.8. The van der Waals surface area contributed by atoms with Crippen molar-refractivity contribution in [2.75, 3.05) is 13.6 Å². The Kier molecular flexibility index (Phi) is 4.67. The number of hydrogen-bond acceptors (Lipinski definition) is 3. The second-order valence-corrected chi connectivity index (χ2v) is 6.33. The molecule has 3 rings (SSSR count). The van der Waals surface area contributed by atoms with E-state index in [2.05, 4.69) is 10.3 Å². The monoisotopic (exact) mass is 347 g/mol. The lowest BCUT2D eigenvalue weighted by Crippen LogP contribution is -2.39. The first-order valence-corrected chi connectivity index (χ1v) is 8.03. The molecule has 132 valence electrons. The number of likely N-dealkylation sites (tertiary alicyclic amines) is 1. The molecule has 1 amide bonds. The van der Waals surface area contributed by atoms with Crippen molar-refractivity contribution in [1.29, 1.82) is 0 Å². The van der Waals surface area contributed by atoms with Crippen LogP contribution in [0.15, 0.2) is 35.1 Å². The number of nitrogens with zero attached hydrogens (tertiary/aromatic N) is 1. The molecule has 0 spiro atoms. The predicted molar refractivity (Wildman–Crippen MR) is 89.4 cm³/mol. The van der Waals surface area contributed by atoms with E-state index in [1.807, 2.05) is 11.9 Å². The molecule has 0 aliphatic carbocycles. The topological polar surface area (TPSA) is 65.2 Å². The van der Waals surface area contributed by atoms with Gasteiger partial charge < -0.3 is 10.3 Å². The number of aryl methyl sites for hydroxylation is 1. The van der Waals surface area contributed by atoms with Gasteiger partial charge in [0.2, 0.25) is 5.56 Å². The minimum absolute atomic E-state index is 0.242. The summed E-state index contributed by atoms with van der Waals surface area (Å²) in [5, 5.41) is 2.95. The van der Waals surface area contributed by atoms with E-state index in [0.717, 1.165) is 12.6 Å². The van der Waals surface area contributed by atoms with Gasteiger partial charge in [-0.25, -0.2) is 8.78 Å². The number of pyridine rings is 1. The molecule has 0 unspecified atom stereocenters. The number of hydrogen-bond donors (Lipinski definition) is 2. The Bertz CT molecular complexity index is 866. The lowest BCUT2D eigenvalue weighted by molar-refractivity contribution is 0.0926. The molecular weight excluding hydrogens is 328 g/mol. The van der Waals surface area contributed by atoms with Crippen LogP contribution < -0.4 is 10.9 Å². The molecule has 1 aromatic heterocycles. The molecular formula is C18H19F2N3O2. The lowest BCUT2D eigenvalue weighted by Gasteiger charge is -2.26. The van der Waals surface area contributed by atoms with Gasteiger partial charge in [0.15, 0.2) is 11.6 Å². The van der Waals surface area contributed by atoms with Crippen molar-refractivity contribution in [2.24, 2.45) is 0 Å². The zero-order valence-electron chi connectivity index (χ0n) is 14.0. The second kappa shape index (κ2) is 6.76.